The minimum Gasteiger partial charge on any atom is -0.478 e. The summed E-state index contributed by atoms with van der Waals surface area (Å²) in [5, 5.41) is 14.1. The number of carboxylic acids is 1. The first-order valence-electron chi connectivity index (χ1n) is 9.83. The summed E-state index contributed by atoms with van der Waals surface area (Å²) in [5.41, 5.74) is 1.76. The zero-order valence-corrected chi connectivity index (χ0v) is 17.1. The van der Waals surface area contributed by atoms with Gasteiger partial charge < -0.3 is 15.2 Å². The van der Waals surface area contributed by atoms with E-state index >= 15 is 0 Å². The number of ether oxygens (including phenoxy) is 1. The predicted molar refractivity (Wildman–Crippen MR) is 119 cm³/mol. The number of pyridine rings is 2. The number of carboxylic acid groups (broad SMARTS) is 1. The highest BCUT2D eigenvalue weighted by molar-refractivity contribution is 6.30. The zero-order chi connectivity index (χ0) is 21.4. The summed E-state index contributed by atoms with van der Waals surface area (Å²) in [4.78, 5) is 20.2. The van der Waals surface area contributed by atoms with Crippen LogP contribution in [0.15, 0.2) is 73.1 Å². The van der Waals surface area contributed by atoms with Crippen molar-refractivity contribution in [1.29, 1.82) is 0 Å². The molecule has 0 amide bonds. The van der Waals surface area contributed by atoms with Crippen molar-refractivity contribution in [2.24, 2.45) is 0 Å². The summed E-state index contributed by atoms with van der Waals surface area (Å²) in [6.07, 6.45) is 5.25. The molecule has 1 fully saturated rings. The van der Waals surface area contributed by atoms with Gasteiger partial charge >= 0.3 is 5.97 Å². The summed E-state index contributed by atoms with van der Waals surface area (Å²) in [6, 6.07) is 17.8. The van der Waals surface area contributed by atoms with Crippen LogP contribution in [0.2, 0.25) is 5.02 Å². The number of nitrogens with one attached hydrogen (secondary N) is 1. The molecule has 6 nitrogen and oxygen atoms in total. The molecule has 1 saturated carbocycles. The van der Waals surface area contributed by atoms with Gasteiger partial charge in [0.1, 0.15) is 17.3 Å². The lowest BCUT2D eigenvalue weighted by Crippen LogP contribution is -2.20. The van der Waals surface area contributed by atoms with Crippen LogP contribution < -0.4 is 10.1 Å². The van der Waals surface area contributed by atoms with Crippen molar-refractivity contribution in [2.45, 2.75) is 18.4 Å². The van der Waals surface area contributed by atoms with Crippen molar-refractivity contribution < 1.29 is 14.6 Å². The average molecular weight is 432 g/mol. The second-order valence-corrected chi connectivity index (χ2v) is 7.95. The van der Waals surface area contributed by atoms with Crippen LogP contribution in [0.4, 0.5) is 5.82 Å². The minimum absolute atomic E-state index is 0.268. The Kier molecular flexibility index (Phi) is 4.71. The molecule has 2 heterocycles. The van der Waals surface area contributed by atoms with E-state index in [0.29, 0.717) is 22.3 Å². The number of halogens is 1. The minimum atomic E-state index is -0.936. The van der Waals surface area contributed by atoms with Crippen molar-refractivity contribution in [3.63, 3.8) is 0 Å². The molecule has 0 radical (unpaired) electrons. The molecule has 0 unspecified atom stereocenters. The maximum absolute atomic E-state index is 11.2. The maximum Gasteiger partial charge on any atom is 0.335 e. The molecular weight excluding hydrogens is 414 g/mol. The number of carbonyl (C=O) groups is 1. The van der Waals surface area contributed by atoms with Gasteiger partial charge in [-0.1, -0.05) is 29.8 Å². The van der Waals surface area contributed by atoms with Crippen LogP contribution in [0, 0.1) is 0 Å². The average Bonchev–Trinajstić information content (AvgIpc) is 3.55. The summed E-state index contributed by atoms with van der Waals surface area (Å²) >= 11 is 6.10. The highest BCUT2D eigenvalue weighted by Gasteiger charge is 2.45. The Balaban J connectivity index is 1.52. The summed E-state index contributed by atoms with van der Waals surface area (Å²) in [6.45, 7) is 0. The van der Waals surface area contributed by atoms with Crippen molar-refractivity contribution >= 4 is 34.3 Å². The van der Waals surface area contributed by atoms with Gasteiger partial charge in [-0.15, -0.1) is 0 Å². The van der Waals surface area contributed by atoms with E-state index in [1.54, 1.807) is 42.7 Å². The Labute approximate surface area is 183 Å². The highest BCUT2D eigenvalue weighted by atomic mass is 35.5. The van der Waals surface area contributed by atoms with Gasteiger partial charge in [0.2, 0.25) is 0 Å². The number of anilines is 1. The van der Waals surface area contributed by atoms with Gasteiger partial charge in [0.05, 0.1) is 22.0 Å². The summed E-state index contributed by atoms with van der Waals surface area (Å²) in [7, 11) is 0. The Morgan fingerprint density at radius 1 is 1.03 bits per heavy atom. The molecule has 7 heteroatoms. The third-order valence-corrected chi connectivity index (χ3v) is 5.67. The normalized spacial score (nSPS) is 14.2. The number of rotatable bonds is 6. The Hall–Kier alpha value is -3.64. The van der Waals surface area contributed by atoms with Crippen LogP contribution in [0.25, 0.3) is 10.9 Å². The number of nitrogens with zero attached hydrogens (tertiary/aromatic N) is 2. The SMILES string of the molecule is O=C(O)c1ccc(C2(Nc3nccc4nccc(Oc5cccc(Cl)c5)c34)CC2)cc1. The monoisotopic (exact) mass is 431 g/mol. The molecule has 0 atom stereocenters. The first-order valence-corrected chi connectivity index (χ1v) is 10.2. The van der Waals surface area contributed by atoms with Crippen molar-refractivity contribution in [3.05, 3.63) is 89.2 Å². The smallest absolute Gasteiger partial charge is 0.335 e. The van der Waals surface area contributed by atoms with Crippen LogP contribution >= 0.6 is 11.6 Å². The van der Waals surface area contributed by atoms with Crippen molar-refractivity contribution in [3.8, 4) is 11.5 Å². The van der Waals surface area contributed by atoms with E-state index in [1.807, 2.05) is 30.3 Å². The first kappa shape index (κ1) is 19.3. The Morgan fingerprint density at radius 3 is 2.52 bits per heavy atom. The Bertz CT molecular complexity index is 1280. The van der Waals surface area contributed by atoms with Gasteiger partial charge in [-0.05, 0) is 60.9 Å². The molecule has 31 heavy (non-hydrogen) atoms. The Morgan fingerprint density at radius 2 is 1.81 bits per heavy atom. The van der Waals surface area contributed by atoms with Crippen LogP contribution in [0.3, 0.4) is 0 Å². The molecular formula is C24H18ClN3O3. The van der Waals surface area contributed by atoms with Gasteiger partial charge in [0.15, 0.2) is 0 Å². The van der Waals surface area contributed by atoms with E-state index in [0.717, 1.165) is 29.3 Å². The fraction of sp³-hybridized carbons (Fsp3) is 0.125. The number of aromatic nitrogens is 2. The summed E-state index contributed by atoms with van der Waals surface area (Å²) < 4.78 is 6.13. The lowest BCUT2D eigenvalue weighted by atomic mass is 10.0. The fourth-order valence-electron chi connectivity index (χ4n) is 3.68. The fourth-order valence-corrected chi connectivity index (χ4v) is 3.86. The molecule has 2 aromatic carbocycles. The molecule has 1 aliphatic rings. The summed E-state index contributed by atoms with van der Waals surface area (Å²) in [5.74, 6) is 0.983. The number of aromatic carboxylic acids is 1. The van der Waals surface area contributed by atoms with Gasteiger partial charge in [-0.2, -0.15) is 0 Å². The standard InChI is InChI=1S/C24H18ClN3O3/c25-17-2-1-3-18(14-17)31-20-9-13-26-19-8-12-27-22(21(19)20)28-24(10-11-24)16-6-4-15(5-7-16)23(29)30/h1-9,12-14H,10-11H2,(H,27,28)(H,29,30). The maximum atomic E-state index is 11.2. The van der Waals surface area contributed by atoms with E-state index in [1.165, 1.54) is 0 Å². The molecule has 0 bridgehead atoms. The molecule has 0 aliphatic heterocycles. The first-order chi connectivity index (χ1) is 15.0. The molecule has 1 aliphatic carbocycles. The van der Waals surface area contributed by atoms with E-state index in [-0.39, 0.29) is 11.1 Å². The predicted octanol–water partition coefficient (Wildman–Crippen LogP) is 5.87. The second kappa shape index (κ2) is 7.56. The van der Waals surface area contributed by atoms with Crippen LogP contribution in [0.5, 0.6) is 11.5 Å². The van der Waals surface area contributed by atoms with Gasteiger partial charge in [-0.25, -0.2) is 9.78 Å². The zero-order valence-electron chi connectivity index (χ0n) is 16.4. The van der Waals surface area contributed by atoms with Crippen LogP contribution in [-0.4, -0.2) is 21.0 Å². The molecule has 0 spiro atoms. The number of hydrogen-bond donors (Lipinski definition) is 2. The van der Waals surface area contributed by atoms with Gasteiger partial charge in [-0.3, -0.25) is 4.98 Å². The number of hydrogen-bond acceptors (Lipinski definition) is 5. The van der Waals surface area contributed by atoms with Crippen LogP contribution in [0.1, 0.15) is 28.8 Å². The lowest BCUT2D eigenvalue weighted by Gasteiger charge is -2.21. The van der Waals surface area contributed by atoms with Crippen LogP contribution in [-0.2, 0) is 5.54 Å². The third kappa shape index (κ3) is 3.78. The number of benzene rings is 2. The van der Waals surface area contributed by atoms with Gasteiger partial charge in [0, 0.05) is 17.4 Å². The van der Waals surface area contributed by atoms with Crippen molar-refractivity contribution in [2.75, 3.05) is 5.32 Å². The topological polar surface area (TPSA) is 84.3 Å². The molecule has 154 valence electrons. The molecule has 0 saturated heterocycles. The molecule has 2 aromatic heterocycles. The third-order valence-electron chi connectivity index (χ3n) is 5.43. The highest BCUT2D eigenvalue weighted by Crippen LogP contribution is 2.49. The van der Waals surface area contributed by atoms with E-state index in [9.17, 15) is 4.79 Å². The largest absolute Gasteiger partial charge is 0.478 e. The molecule has 5 rings (SSSR count). The molecule has 2 N–H and O–H groups in total. The second-order valence-electron chi connectivity index (χ2n) is 7.51. The van der Waals surface area contributed by atoms with E-state index in [4.69, 9.17) is 21.4 Å². The van der Waals surface area contributed by atoms with E-state index in [2.05, 4.69) is 15.3 Å². The quantitative estimate of drug-likeness (QED) is 0.397. The van der Waals surface area contributed by atoms with Gasteiger partial charge in [0.25, 0.3) is 0 Å². The van der Waals surface area contributed by atoms with E-state index < -0.39 is 5.97 Å². The molecule has 4 aromatic rings. The number of fused-ring (bicyclic) bond motifs is 1. The van der Waals surface area contributed by atoms with Crippen molar-refractivity contribution in [1.82, 2.24) is 9.97 Å². The lowest BCUT2D eigenvalue weighted by molar-refractivity contribution is 0.0697.